The van der Waals surface area contributed by atoms with Crippen molar-refractivity contribution in [3.8, 4) is 0 Å². The lowest BCUT2D eigenvalue weighted by Crippen LogP contribution is -2.35. The summed E-state index contributed by atoms with van der Waals surface area (Å²) in [5, 5.41) is 0. The molecule has 2 aliphatic rings. The molecule has 0 spiro atoms. The summed E-state index contributed by atoms with van der Waals surface area (Å²) in [5.41, 5.74) is 1.25. The van der Waals surface area contributed by atoms with Crippen LogP contribution in [0.3, 0.4) is 0 Å². The van der Waals surface area contributed by atoms with Gasteiger partial charge in [-0.1, -0.05) is 37.3 Å². The number of epoxide rings is 1. The van der Waals surface area contributed by atoms with Gasteiger partial charge in [-0.3, -0.25) is 0 Å². The van der Waals surface area contributed by atoms with E-state index in [1.54, 1.807) is 0 Å². The van der Waals surface area contributed by atoms with Gasteiger partial charge in [-0.2, -0.15) is 0 Å². The van der Waals surface area contributed by atoms with Crippen molar-refractivity contribution in [1.82, 2.24) is 0 Å². The van der Waals surface area contributed by atoms with Gasteiger partial charge >= 0.3 is 0 Å². The molecule has 1 aromatic rings. The van der Waals surface area contributed by atoms with Crippen molar-refractivity contribution in [2.75, 3.05) is 6.61 Å². The zero-order valence-electron chi connectivity index (χ0n) is 9.63. The number of hydrogen-bond donors (Lipinski definition) is 0. The van der Waals surface area contributed by atoms with Crippen molar-refractivity contribution in [2.24, 2.45) is 11.8 Å². The number of fused-ring (bicyclic) bond motifs is 1. The van der Waals surface area contributed by atoms with Crippen molar-refractivity contribution >= 4 is 0 Å². The lowest BCUT2D eigenvalue weighted by molar-refractivity contribution is 0.0884. The highest BCUT2D eigenvalue weighted by Gasteiger charge is 2.61. The fourth-order valence-corrected chi connectivity index (χ4v) is 2.71. The molecule has 0 N–H and O–H groups in total. The smallest absolute Gasteiger partial charge is 0.0877 e. The maximum absolute atomic E-state index is 5.69. The molecule has 1 aliphatic heterocycles. The Labute approximate surface area is 96.6 Å². The van der Waals surface area contributed by atoms with E-state index in [1.807, 2.05) is 6.07 Å². The summed E-state index contributed by atoms with van der Waals surface area (Å²) in [6.07, 6.45) is 2.32. The van der Waals surface area contributed by atoms with Gasteiger partial charge in [0.15, 0.2) is 0 Å². The van der Waals surface area contributed by atoms with E-state index in [0.29, 0.717) is 12.2 Å². The molecular formula is C14H18O2. The zero-order valence-corrected chi connectivity index (χ0v) is 9.63. The Balaban J connectivity index is 1.35. The van der Waals surface area contributed by atoms with E-state index in [0.717, 1.165) is 31.5 Å². The standard InChI is InChI=1S/C14H18O2/c1-10-12(14-13(10)16-14)7-8-15-9-11-5-3-2-4-6-11/h2-6,10,12-14H,7-9H2,1H3. The minimum absolute atomic E-state index is 0.579. The second-order valence-corrected chi connectivity index (χ2v) is 4.92. The average molecular weight is 218 g/mol. The minimum atomic E-state index is 0.579. The number of rotatable bonds is 5. The molecule has 3 rings (SSSR count). The summed E-state index contributed by atoms with van der Waals surface area (Å²) >= 11 is 0. The summed E-state index contributed by atoms with van der Waals surface area (Å²) in [5.74, 6) is 1.51. The van der Waals surface area contributed by atoms with Crippen LogP contribution in [-0.4, -0.2) is 18.8 Å². The van der Waals surface area contributed by atoms with Gasteiger partial charge in [-0.05, 0) is 23.8 Å². The van der Waals surface area contributed by atoms with E-state index in [4.69, 9.17) is 9.47 Å². The molecule has 0 aromatic heterocycles. The predicted molar refractivity (Wildman–Crippen MR) is 62.0 cm³/mol. The Morgan fingerprint density at radius 1 is 1.19 bits per heavy atom. The van der Waals surface area contributed by atoms with Crippen LogP contribution in [0.5, 0.6) is 0 Å². The fraction of sp³-hybridized carbons (Fsp3) is 0.571. The van der Waals surface area contributed by atoms with Gasteiger partial charge in [0.05, 0.1) is 18.8 Å². The summed E-state index contributed by atoms with van der Waals surface area (Å²) in [4.78, 5) is 0. The molecule has 0 radical (unpaired) electrons. The Morgan fingerprint density at radius 2 is 2.00 bits per heavy atom. The van der Waals surface area contributed by atoms with Crippen LogP contribution in [0.15, 0.2) is 30.3 Å². The third kappa shape index (κ3) is 1.87. The number of benzene rings is 1. The predicted octanol–water partition coefficient (Wildman–Crippen LogP) is 2.63. The summed E-state index contributed by atoms with van der Waals surface area (Å²) < 4.78 is 11.2. The summed E-state index contributed by atoms with van der Waals surface area (Å²) in [7, 11) is 0. The SMILES string of the molecule is CC1C(CCOCc2ccccc2)C2OC12. The average Bonchev–Trinajstić information content (AvgIpc) is 3.05. The first-order valence-electron chi connectivity index (χ1n) is 6.13. The van der Waals surface area contributed by atoms with Crippen LogP contribution in [0.25, 0.3) is 0 Å². The number of ether oxygens (including phenoxy) is 2. The quantitative estimate of drug-likeness (QED) is 0.560. The molecule has 1 saturated carbocycles. The van der Waals surface area contributed by atoms with Gasteiger partial charge < -0.3 is 9.47 Å². The highest BCUT2D eigenvalue weighted by molar-refractivity contribution is 5.13. The first-order valence-corrected chi connectivity index (χ1v) is 6.13. The van der Waals surface area contributed by atoms with Gasteiger partial charge in [-0.25, -0.2) is 0 Å². The van der Waals surface area contributed by atoms with E-state index < -0.39 is 0 Å². The van der Waals surface area contributed by atoms with Gasteiger partial charge in [0.25, 0.3) is 0 Å². The third-order valence-electron chi connectivity index (χ3n) is 3.88. The minimum Gasteiger partial charge on any atom is -0.377 e. The largest absolute Gasteiger partial charge is 0.377 e. The number of hydrogen-bond acceptors (Lipinski definition) is 2. The van der Waals surface area contributed by atoms with Gasteiger partial charge in [0, 0.05) is 6.61 Å². The van der Waals surface area contributed by atoms with E-state index in [2.05, 4.69) is 31.2 Å². The lowest BCUT2D eigenvalue weighted by atomic mass is 9.73. The zero-order chi connectivity index (χ0) is 11.0. The Kier molecular flexibility index (Phi) is 2.70. The van der Waals surface area contributed by atoms with Gasteiger partial charge in [0.1, 0.15) is 0 Å². The second-order valence-electron chi connectivity index (χ2n) is 4.92. The Bertz CT molecular complexity index is 349. The molecule has 4 unspecified atom stereocenters. The molecule has 86 valence electrons. The molecule has 1 aromatic carbocycles. The van der Waals surface area contributed by atoms with E-state index in [1.165, 1.54) is 5.56 Å². The molecule has 1 heterocycles. The van der Waals surface area contributed by atoms with E-state index >= 15 is 0 Å². The molecule has 16 heavy (non-hydrogen) atoms. The summed E-state index contributed by atoms with van der Waals surface area (Å²) in [6.45, 7) is 3.88. The first-order chi connectivity index (χ1) is 7.86. The van der Waals surface area contributed by atoms with Crippen molar-refractivity contribution in [1.29, 1.82) is 0 Å². The van der Waals surface area contributed by atoms with E-state index in [-0.39, 0.29) is 0 Å². The van der Waals surface area contributed by atoms with Crippen LogP contribution >= 0.6 is 0 Å². The third-order valence-corrected chi connectivity index (χ3v) is 3.88. The van der Waals surface area contributed by atoms with Crippen molar-refractivity contribution in [3.63, 3.8) is 0 Å². The molecular weight excluding hydrogens is 200 g/mol. The highest BCUT2D eigenvalue weighted by atomic mass is 16.6. The monoisotopic (exact) mass is 218 g/mol. The molecule has 2 fully saturated rings. The molecule has 4 atom stereocenters. The van der Waals surface area contributed by atoms with Crippen molar-refractivity contribution < 1.29 is 9.47 Å². The second kappa shape index (κ2) is 4.19. The molecule has 0 amide bonds. The maximum atomic E-state index is 5.69. The van der Waals surface area contributed by atoms with Crippen molar-refractivity contribution in [2.45, 2.75) is 32.2 Å². The Hall–Kier alpha value is -0.860. The maximum Gasteiger partial charge on any atom is 0.0877 e. The highest BCUT2D eigenvalue weighted by Crippen LogP contribution is 2.52. The fourth-order valence-electron chi connectivity index (χ4n) is 2.71. The van der Waals surface area contributed by atoms with Crippen LogP contribution in [-0.2, 0) is 16.1 Å². The molecule has 1 aliphatic carbocycles. The molecule has 2 heteroatoms. The van der Waals surface area contributed by atoms with Crippen LogP contribution in [0, 0.1) is 11.8 Å². The topological polar surface area (TPSA) is 21.8 Å². The van der Waals surface area contributed by atoms with Crippen LogP contribution in [0.4, 0.5) is 0 Å². The first kappa shape index (κ1) is 10.3. The van der Waals surface area contributed by atoms with Crippen molar-refractivity contribution in [3.05, 3.63) is 35.9 Å². The molecule has 1 saturated heterocycles. The Morgan fingerprint density at radius 3 is 2.69 bits per heavy atom. The summed E-state index contributed by atoms with van der Waals surface area (Å²) in [6, 6.07) is 10.3. The van der Waals surface area contributed by atoms with Crippen LogP contribution in [0.2, 0.25) is 0 Å². The lowest BCUT2D eigenvalue weighted by Gasteiger charge is -2.28. The van der Waals surface area contributed by atoms with E-state index in [9.17, 15) is 0 Å². The molecule has 2 nitrogen and oxygen atoms in total. The van der Waals surface area contributed by atoms with Gasteiger partial charge in [-0.15, -0.1) is 0 Å². The molecule has 0 bridgehead atoms. The van der Waals surface area contributed by atoms with Crippen LogP contribution < -0.4 is 0 Å². The van der Waals surface area contributed by atoms with Crippen LogP contribution in [0.1, 0.15) is 18.9 Å². The van der Waals surface area contributed by atoms with Gasteiger partial charge in [0.2, 0.25) is 0 Å². The normalized spacial score (nSPS) is 35.3.